The summed E-state index contributed by atoms with van der Waals surface area (Å²) in [5.41, 5.74) is 0.695. The van der Waals surface area contributed by atoms with E-state index < -0.39 is 0 Å². The highest BCUT2D eigenvalue weighted by Gasteiger charge is 2.26. The molecule has 0 radical (unpaired) electrons. The first kappa shape index (κ1) is 14.3. The monoisotopic (exact) mass is 264 g/mol. The Morgan fingerprint density at radius 2 is 2.05 bits per heavy atom. The largest absolute Gasteiger partial charge is 0.351 e. The van der Waals surface area contributed by atoms with Crippen molar-refractivity contribution in [2.24, 2.45) is 5.92 Å². The van der Waals surface area contributed by atoms with Crippen molar-refractivity contribution in [1.82, 2.24) is 10.2 Å². The average Bonchev–Trinajstić information content (AvgIpc) is 2.91. The quantitative estimate of drug-likeness (QED) is 0.819. The highest BCUT2D eigenvalue weighted by molar-refractivity contribution is 6.00. The number of amides is 1. The second-order valence-corrected chi connectivity index (χ2v) is 5.56. The van der Waals surface area contributed by atoms with Gasteiger partial charge < -0.3 is 10.2 Å². The fourth-order valence-corrected chi connectivity index (χ4v) is 2.99. The van der Waals surface area contributed by atoms with Crippen molar-refractivity contribution in [3.63, 3.8) is 0 Å². The van der Waals surface area contributed by atoms with Crippen LogP contribution >= 0.6 is 0 Å². The molecule has 1 atom stereocenters. The summed E-state index contributed by atoms with van der Waals surface area (Å²) in [6.07, 6.45) is 7.23. The summed E-state index contributed by atoms with van der Waals surface area (Å²) in [6.45, 7) is 5.48. The van der Waals surface area contributed by atoms with Crippen molar-refractivity contribution in [3.05, 3.63) is 11.6 Å². The minimum atomic E-state index is -0.180. The summed E-state index contributed by atoms with van der Waals surface area (Å²) >= 11 is 0. The predicted molar refractivity (Wildman–Crippen MR) is 74.8 cm³/mol. The molecule has 0 aromatic rings. The SMILES string of the molecule is CC(=O)C1CCCC=C1C(=O)NCCN1CCCC1. The lowest BCUT2D eigenvalue weighted by molar-refractivity contribution is -0.124. The molecule has 4 heteroatoms. The molecule has 2 aliphatic rings. The Morgan fingerprint density at radius 1 is 1.32 bits per heavy atom. The third-order valence-electron chi connectivity index (χ3n) is 4.10. The van der Waals surface area contributed by atoms with Crippen LogP contribution in [0.5, 0.6) is 0 Å². The maximum absolute atomic E-state index is 12.1. The number of Topliss-reactive ketones (excluding diaryl/α,β-unsaturated/α-hetero) is 1. The standard InChI is InChI=1S/C15H24N2O2/c1-12(18)13-6-2-3-7-14(13)15(19)16-8-11-17-9-4-5-10-17/h7,13H,2-6,8-11H2,1H3,(H,16,19). The van der Waals surface area contributed by atoms with Crippen molar-refractivity contribution < 1.29 is 9.59 Å². The molecule has 106 valence electrons. The molecular weight excluding hydrogens is 240 g/mol. The molecule has 1 saturated heterocycles. The first-order valence-corrected chi connectivity index (χ1v) is 7.39. The van der Waals surface area contributed by atoms with Crippen molar-refractivity contribution in [2.75, 3.05) is 26.2 Å². The Morgan fingerprint density at radius 3 is 2.74 bits per heavy atom. The zero-order valence-electron chi connectivity index (χ0n) is 11.8. The molecule has 0 aromatic heterocycles. The van der Waals surface area contributed by atoms with Gasteiger partial charge in [0.2, 0.25) is 5.91 Å². The van der Waals surface area contributed by atoms with E-state index in [9.17, 15) is 9.59 Å². The van der Waals surface area contributed by atoms with Crippen molar-refractivity contribution >= 4 is 11.7 Å². The van der Waals surface area contributed by atoms with Crippen LogP contribution in [0.25, 0.3) is 0 Å². The van der Waals surface area contributed by atoms with Gasteiger partial charge >= 0.3 is 0 Å². The van der Waals surface area contributed by atoms with Gasteiger partial charge in [-0.15, -0.1) is 0 Å². The number of hydrogen-bond acceptors (Lipinski definition) is 3. The Bertz CT molecular complexity index is 370. The number of ketones is 1. The Labute approximate surface area is 115 Å². The van der Waals surface area contributed by atoms with Gasteiger partial charge in [0, 0.05) is 24.6 Å². The molecule has 1 heterocycles. The van der Waals surface area contributed by atoms with Crippen molar-refractivity contribution in [1.29, 1.82) is 0 Å². The van der Waals surface area contributed by atoms with E-state index in [0.29, 0.717) is 12.1 Å². The predicted octanol–water partition coefficient (Wildman–Crippen LogP) is 1.51. The normalized spacial score (nSPS) is 24.1. The Kier molecular flexibility index (Phi) is 5.14. The molecule has 1 aliphatic heterocycles. The first-order valence-electron chi connectivity index (χ1n) is 7.39. The fraction of sp³-hybridized carbons (Fsp3) is 0.733. The molecule has 0 aromatic carbocycles. The van der Waals surface area contributed by atoms with Crippen LogP contribution in [0, 0.1) is 5.92 Å². The lowest BCUT2D eigenvalue weighted by Crippen LogP contribution is -2.36. The van der Waals surface area contributed by atoms with Gasteiger partial charge in [-0.1, -0.05) is 6.08 Å². The Balaban J connectivity index is 1.80. The number of nitrogens with one attached hydrogen (secondary N) is 1. The molecule has 1 amide bonds. The molecule has 1 aliphatic carbocycles. The third kappa shape index (κ3) is 3.90. The third-order valence-corrected chi connectivity index (χ3v) is 4.10. The number of rotatable bonds is 5. The highest BCUT2D eigenvalue weighted by atomic mass is 16.2. The lowest BCUT2D eigenvalue weighted by Gasteiger charge is -2.22. The van der Waals surface area contributed by atoms with Gasteiger partial charge in [0.15, 0.2) is 0 Å². The van der Waals surface area contributed by atoms with E-state index in [2.05, 4.69) is 10.2 Å². The van der Waals surface area contributed by atoms with E-state index in [-0.39, 0.29) is 17.6 Å². The number of likely N-dealkylation sites (tertiary alicyclic amines) is 1. The van der Waals surface area contributed by atoms with Crippen LogP contribution in [0.3, 0.4) is 0 Å². The number of hydrogen-bond donors (Lipinski definition) is 1. The number of nitrogens with zero attached hydrogens (tertiary/aromatic N) is 1. The molecule has 1 fully saturated rings. The maximum Gasteiger partial charge on any atom is 0.247 e. The molecule has 4 nitrogen and oxygen atoms in total. The molecule has 0 saturated carbocycles. The van der Waals surface area contributed by atoms with Gasteiger partial charge in [0.25, 0.3) is 0 Å². The lowest BCUT2D eigenvalue weighted by atomic mass is 9.84. The van der Waals surface area contributed by atoms with Crippen LogP contribution in [0.1, 0.15) is 39.0 Å². The number of carbonyl (C=O) groups is 2. The maximum atomic E-state index is 12.1. The van der Waals surface area contributed by atoms with Crippen molar-refractivity contribution in [2.45, 2.75) is 39.0 Å². The molecule has 19 heavy (non-hydrogen) atoms. The molecule has 1 N–H and O–H groups in total. The summed E-state index contributed by atoms with van der Waals surface area (Å²) in [5.74, 6) is -0.111. The fourth-order valence-electron chi connectivity index (χ4n) is 2.99. The second kappa shape index (κ2) is 6.85. The van der Waals surface area contributed by atoms with Crippen molar-refractivity contribution in [3.8, 4) is 0 Å². The Hall–Kier alpha value is -1.16. The summed E-state index contributed by atoms with van der Waals surface area (Å²) < 4.78 is 0. The highest BCUT2D eigenvalue weighted by Crippen LogP contribution is 2.25. The van der Waals surface area contributed by atoms with E-state index in [0.717, 1.165) is 38.9 Å². The molecule has 0 bridgehead atoms. The second-order valence-electron chi connectivity index (χ2n) is 5.56. The van der Waals surface area contributed by atoms with Crippen LogP contribution in [-0.4, -0.2) is 42.8 Å². The molecule has 2 rings (SSSR count). The van der Waals surface area contributed by atoms with E-state index >= 15 is 0 Å². The number of carbonyl (C=O) groups excluding carboxylic acids is 2. The van der Waals surface area contributed by atoms with E-state index in [1.165, 1.54) is 12.8 Å². The smallest absolute Gasteiger partial charge is 0.247 e. The minimum Gasteiger partial charge on any atom is -0.351 e. The van der Waals surface area contributed by atoms with Crippen LogP contribution < -0.4 is 5.32 Å². The van der Waals surface area contributed by atoms with E-state index in [1.807, 2.05) is 6.08 Å². The summed E-state index contributed by atoms with van der Waals surface area (Å²) in [5, 5.41) is 2.96. The van der Waals surface area contributed by atoms with E-state index in [1.54, 1.807) is 6.92 Å². The zero-order chi connectivity index (χ0) is 13.7. The zero-order valence-corrected chi connectivity index (χ0v) is 11.8. The van der Waals surface area contributed by atoms with Crippen LogP contribution in [0.15, 0.2) is 11.6 Å². The molecule has 0 spiro atoms. The summed E-state index contributed by atoms with van der Waals surface area (Å²) in [4.78, 5) is 26.1. The van der Waals surface area contributed by atoms with Gasteiger partial charge in [-0.3, -0.25) is 9.59 Å². The van der Waals surface area contributed by atoms with Crippen LogP contribution in [0.4, 0.5) is 0 Å². The molecule has 1 unspecified atom stereocenters. The van der Waals surface area contributed by atoms with Gasteiger partial charge in [0.1, 0.15) is 5.78 Å². The van der Waals surface area contributed by atoms with Crippen LogP contribution in [-0.2, 0) is 9.59 Å². The number of allylic oxidation sites excluding steroid dienone is 1. The van der Waals surface area contributed by atoms with Crippen LogP contribution in [0.2, 0.25) is 0 Å². The first-order chi connectivity index (χ1) is 9.18. The van der Waals surface area contributed by atoms with Gasteiger partial charge in [0.05, 0.1) is 0 Å². The van der Waals surface area contributed by atoms with Gasteiger partial charge in [-0.25, -0.2) is 0 Å². The summed E-state index contributed by atoms with van der Waals surface area (Å²) in [6, 6.07) is 0. The average molecular weight is 264 g/mol. The van der Waals surface area contributed by atoms with Gasteiger partial charge in [-0.2, -0.15) is 0 Å². The topological polar surface area (TPSA) is 49.4 Å². The minimum absolute atomic E-state index is 0.0425. The van der Waals surface area contributed by atoms with Gasteiger partial charge in [-0.05, 0) is 52.1 Å². The summed E-state index contributed by atoms with van der Waals surface area (Å²) in [7, 11) is 0. The molecular formula is C15H24N2O2. The van der Waals surface area contributed by atoms with E-state index in [4.69, 9.17) is 0 Å².